The molecule has 3 aromatic rings. The van der Waals surface area contributed by atoms with Gasteiger partial charge in [0.2, 0.25) is 0 Å². The van der Waals surface area contributed by atoms with E-state index in [0.717, 1.165) is 34.6 Å². The molecule has 1 saturated heterocycles. The van der Waals surface area contributed by atoms with Gasteiger partial charge in [-0.3, -0.25) is 19.4 Å². The van der Waals surface area contributed by atoms with Crippen molar-refractivity contribution in [2.24, 2.45) is 11.3 Å². The van der Waals surface area contributed by atoms with Gasteiger partial charge in [0.05, 0.1) is 33.9 Å². The fraction of sp³-hybridized carbons (Fsp3) is 0.553. The molecule has 1 spiro atoms. The molecule has 2 bridgehead atoms. The maximum atomic E-state index is 15.3. The Kier molecular flexibility index (Phi) is 10.1. The molecule has 1 saturated carbocycles. The lowest BCUT2D eigenvalue weighted by Crippen LogP contribution is -2.81. The van der Waals surface area contributed by atoms with Crippen molar-refractivity contribution < 1.29 is 47.2 Å². The zero-order valence-corrected chi connectivity index (χ0v) is 36.5. The molecule has 3 N–H and O–H groups in total. The standard InChI is InChI=1S/C47H57F2N5O8/c1-8-44-15-11-17-54-19-16-45(38(44)54)32-21-33(36(59-5)22-35(32)52(4)39(45)47(58,26-50-42(57)61-7)40(44)62-27(2)55)46(41(56)60-6)23-28-20-29(43(3,48)49)25-53(24-28)18-14-31-30-12-9-10-13-34(30)51-37(31)46/h9-13,15,20-22,28,38-40,51,58H,8,14,16-19,23-26H2,1-7H3,(H,50,57)/t28-,38-,39+,40+,44+,45+,46-,47?/m0/s1. The number of rotatable bonds is 8. The number of nitrogens with one attached hydrogen (secondary N) is 2. The van der Waals surface area contributed by atoms with Crippen molar-refractivity contribution >= 4 is 34.6 Å². The topological polar surface area (TPSA) is 146 Å². The van der Waals surface area contributed by atoms with Crippen molar-refractivity contribution in [3.05, 3.63) is 82.6 Å². The molecule has 15 heteroatoms. The van der Waals surface area contributed by atoms with Crippen LogP contribution in [0.25, 0.3) is 10.9 Å². The van der Waals surface area contributed by atoms with Crippen molar-refractivity contribution in [2.45, 2.75) is 87.0 Å². The van der Waals surface area contributed by atoms with Crippen molar-refractivity contribution in [2.75, 3.05) is 72.5 Å². The summed E-state index contributed by atoms with van der Waals surface area (Å²) in [4.78, 5) is 51.4. The third-order valence-electron chi connectivity index (χ3n) is 15.4. The Morgan fingerprint density at radius 3 is 2.53 bits per heavy atom. The van der Waals surface area contributed by atoms with Gasteiger partial charge in [-0.05, 0) is 61.4 Å². The number of nitrogens with zero attached hydrogens (tertiary/aromatic N) is 3. The minimum atomic E-state index is -3.07. The van der Waals surface area contributed by atoms with E-state index in [2.05, 4.69) is 38.3 Å². The number of hydrogen-bond donors (Lipinski definition) is 3. The monoisotopic (exact) mass is 857 g/mol. The van der Waals surface area contributed by atoms with Gasteiger partial charge in [-0.1, -0.05) is 43.4 Å². The Morgan fingerprint density at radius 1 is 1.06 bits per heavy atom. The molecular formula is C47H57F2N5O8. The number of para-hydroxylation sites is 1. The smallest absolute Gasteiger partial charge is 0.406 e. The average molecular weight is 858 g/mol. The zero-order chi connectivity index (χ0) is 44.1. The van der Waals surface area contributed by atoms with Crippen LogP contribution >= 0.6 is 0 Å². The summed E-state index contributed by atoms with van der Waals surface area (Å²) >= 11 is 0. The first kappa shape index (κ1) is 42.3. The van der Waals surface area contributed by atoms with Gasteiger partial charge in [-0.25, -0.2) is 13.6 Å². The summed E-state index contributed by atoms with van der Waals surface area (Å²) in [6, 6.07) is 10.8. The summed E-state index contributed by atoms with van der Waals surface area (Å²) in [5.74, 6) is -4.30. The fourth-order valence-electron chi connectivity index (χ4n) is 13.3. The molecule has 332 valence electrons. The van der Waals surface area contributed by atoms with Crippen LogP contribution in [0.2, 0.25) is 0 Å². The molecule has 1 aliphatic carbocycles. The first-order chi connectivity index (χ1) is 29.5. The van der Waals surface area contributed by atoms with Gasteiger partial charge in [0.15, 0.2) is 0 Å². The number of alkyl halides is 2. The lowest BCUT2D eigenvalue weighted by Gasteiger charge is -2.64. The number of aliphatic hydroxyl groups is 1. The van der Waals surface area contributed by atoms with Gasteiger partial charge in [0.25, 0.3) is 5.92 Å². The van der Waals surface area contributed by atoms with Crippen molar-refractivity contribution in [1.29, 1.82) is 0 Å². The number of halogens is 2. The molecule has 5 aliphatic heterocycles. The predicted octanol–water partition coefficient (Wildman–Crippen LogP) is 5.22. The third kappa shape index (κ3) is 5.82. The van der Waals surface area contributed by atoms with Crippen molar-refractivity contribution in [3.8, 4) is 5.75 Å². The van der Waals surface area contributed by atoms with E-state index in [4.69, 9.17) is 18.9 Å². The van der Waals surface area contributed by atoms with E-state index in [1.165, 1.54) is 21.1 Å². The second-order valence-corrected chi connectivity index (χ2v) is 18.4. The van der Waals surface area contributed by atoms with Crippen molar-refractivity contribution in [1.82, 2.24) is 20.1 Å². The Labute approximate surface area is 360 Å². The second kappa shape index (κ2) is 14.8. The molecule has 2 aromatic carbocycles. The van der Waals surface area contributed by atoms with Gasteiger partial charge >= 0.3 is 18.0 Å². The van der Waals surface area contributed by atoms with E-state index >= 15 is 13.6 Å². The summed E-state index contributed by atoms with van der Waals surface area (Å²) in [6.45, 7) is 6.35. The maximum Gasteiger partial charge on any atom is 0.406 e. The number of carbonyl (C=O) groups excluding carboxylic acids is 3. The lowest BCUT2D eigenvalue weighted by atomic mass is 9.47. The van der Waals surface area contributed by atoms with Crippen LogP contribution in [0, 0.1) is 11.3 Å². The second-order valence-electron chi connectivity index (χ2n) is 18.4. The predicted molar refractivity (Wildman–Crippen MR) is 228 cm³/mol. The molecule has 0 radical (unpaired) electrons. The number of aromatic amines is 1. The molecule has 13 nitrogen and oxygen atoms in total. The first-order valence-electron chi connectivity index (χ1n) is 21.6. The van der Waals surface area contributed by atoms with Gasteiger partial charge < -0.3 is 39.3 Å². The van der Waals surface area contributed by atoms with E-state index in [0.29, 0.717) is 62.4 Å². The van der Waals surface area contributed by atoms with E-state index in [9.17, 15) is 14.7 Å². The molecule has 6 aliphatic rings. The molecule has 9 atom stereocenters. The number of likely N-dealkylation sites (N-methyl/N-ethyl adjacent to an activating group) is 1. The molecule has 1 amide bonds. The molecule has 62 heavy (non-hydrogen) atoms. The summed E-state index contributed by atoms with van der Waals surface area (Å²) in [5, 5.41) is 17.3. The number of esters is 2. The van der Waals surface area contributed by atoms with Crippen molar-refractivity contribution in [3.63, 3.8) is 0 Å². The van der Waals surface area contributed by atoms with Crippen LogP contribution in [0.5, 0.6) is 5.75 Å². The van der Waals surface area contributed by atoms with E-state index < -0.39 is 63.9 Å². The number of aromatic nitrogens is 1. The van der Waals surface area contributed by atoms with Crippen LogP contribution in [0.15, 0.2) is 60.2 Å². The third-order valence-corrected chi connectivity index (χ3v) is 15.4. The van der Waals surface area contributed by atoms with Crippen LogP contribution in [0.1, 0.15) is 62.4 Å². The van der Waals surface area contributed by atoms with E-state index in [-0.39, 0.29) is 31.1 Å². The van der Waals surface area contributed by atoms with Gasteiger partial charge in [-0.15, -0.1) is 0 Å². The number of methoxy groups -OCH3 is 3. The van der Waals surface area contributed by atoms with E-state index in [1.54, 1.807) is 13.2 Å². The van der Waals surface area contributed by atoms with Crippen LogP contribution in [-0.4, -0.2) is 135 Å². The highest BCUT2D eigenvalue weighted by Crippen LogP contribution is 2.68. The fourth-order valence-corrected chi connectivity index (χ4v) is 13.3. The van der Waals surface area contributed by atoms with Gasteiger partial charge in [-0.2, -0.15) is 0 Å². The summed E-state index contributed by atoms with van der Waals surface area (Å²) in [6.07, 6.45) is 5.62. The quantitative estimate of drug-likeness (QED) is 0.156. The molecular weight excluding hydrogens is 801 g/mol. The Morgan fingerprint density at radius 2 is 1.84 bits per heavy atom. The van der Waals surface area contributed by atoms with Gasteiger partial charge in [0, 0.05) is 103 Å². The highest BCUT2D eigenvalue weighted by atomic mass is 19.3. The number of H-pyrrole nitrogens is 1. The number of amides is 1. The zero-order valence-electron chi connectivity index (χ0n) is 36.5. The lowest BCUT2D eigenvalue weighted by molar-refractivity contribution is -0.217. The van der Waals surface area contributed by atoms with Crippen LogP contribution in [-0.2, 0) is 41.1 Å². The highest BCUT2D eigenvalue weighted by molar-refractivity contribution is 5.94. The number of fused-ring (bicyclic) bond motifs is 6. The maximum absolute atomic E-state index is 15.3. The SMILES string of the molecule is CC[C@]12C=CCN3CC[C@@]4(c5cc([C@@]6(C(=O)OC)C[C@@H]7C=C(C(C)(F)F)CN(CCc8c6[nH]c6ccccc86)C7)c(OC)cc5N(C)[C@H]4C(O)(CNC(=O)OC)[C@@H]1OC(C)=O)[C@@H]32. The Bertz CT molecular complexity index is 2400. The summed E-state index contributed by atoms with van der Waals surface area (Å²) < 4.78 is 54.1. The number of carbonyl (C=O) groups is 3. The number of ether oxygens (including phenoxy) is 4. The van der Waals surface area contributed by atoms with E-state index in [1.807, 2.05) is 49.2 Å². The number of hydrogen-bond acceptors (Lipinski definition) is 11. The minimum absolute atomic E-state index is 0.0175. The molecule has 2 fully saturated rings. The minimum Gasteiger partial charge on any atom is -0.496 e. The summed E-state index contributed by atoms with van der Waals surface area (Å²) in [5.41, 5.74) is -0.760. The summed E-state index contributed by atoms with van der Waals surface area (Å²) in [7, 11) is 6.06. The Hall–Kier alpha value is -4.99. The van der Waals surface area contributed by atoms with Gasteiger partial charge in [0.1, 0.15) is 22.9 Å². The Balaban J connectivity index is 1.35. The largest absolute Gasteiger partial charge is 0.496 e. The normalized spacial score (nSPS) is 33.5. The van der Waals surface area contributed by atoms with Crippen LogP contribution in [0.3, 0.4) is 0 Å². The first-order valence-corrected chi connectivity index (χ1v) is 21.6. The molecule has 6 heterocycles. The molecule has 2 unspecified atom stereocenters. The molecule has 9 rings (SSSR count). The van der Waals surface area contributed by atoms with Crippen LogP contribution < -0.4 is 15.0 Å². The van der Waals surface area contributed by atoms with Crippen LogP contribution in [0.4, 0.5) is 19.3 Å². The highest BCUT2D eigenvalue weighted by Gasteiger charge is 2.78. The number of benzene rings is 2. The molecule has 1 aromatic heterocycles. The number of alkyl carbamates (subject to hydrolysis) is 1. The number of anilines is 1. The average Bonchev–Trinajstić information content (AvgIpc) is 3.92.